The summed E-state index contributed by atoms with van der Waals surface area (Å²) >= 11 is 5.99. The van der Waals surface area contributed by atoms with E-state index in [0.717, 1.165) is 11.1 Å². The van der Waals surface area contributed by atoms with Crippen LogP contribution in [0.25, 0.3) is 0 Å². The highest BCUT2D eigenvalue weighted by Crippen LogP contribution is 2.18. The molecule has 0 bridgehead atoms. The van der Waals surface area contributed by atoms with Gasteiger partial charge in [-0.2, -0.15) is 5.10 Å². The van der Waals surface area contributed by atoms with Gasteiger partial charge in [0.25, 0.3) is 5.91 Å². The van der Waals surface area contributed by atoms with E-state index in [2.05, 4.69) is 15.5 Å². The number of amides is 1. The Labute approximate surface area is 156 Å². The number of benzene rings is 2. The predicted octanol–water partition coefficient (Wildman–Crippen LogP) is 4.08. The molecule has 0 fully saturated rings. The van der Waals surface area contributed by atoms with Gasteiger partial charge in [-0.25, -0.2) is 5.43 Å². The highest BCUT2D eigenvalue weighted by atomic mass is 35.5. The fourth-order valence-electron chi connectivity index (χ4n) is 2.23. The highest BCUT2D eigenvalue weighted by Gasteiger charge is 2.04. The Morgan fingerprint density at radius 2 is 2.04 bits per heavy atom. The minimum absolute atomic E-state index is 0.327. The Morgan fingerprint density at radius 3 is 2.85 bits per heavy atom. The van der Waals surface area contributed by atoms with E-state index in [1.165, 1.54) is 6.20 Å². The van der Waals surface area contributed by atoms with Crippen molar-refractivity contribution in [3.8, 4) is 5.75 Å². The smallest absolute Gasteiger partial charge is 0.272 e. The molecule has 5 nitrogen and oxygen atoms in total. The van der Waals surface area contributed by atoms with Gasteiger partial charge < -0.3 is 4.74 Å². The molecule has 0 unspecified atom stereocenters. The summed E-state index contributed by atoms with van der Waals surface area (Å²) in [4.78, 5) is 15.9. The summed E-state index contributed by atoms with van der Waals surface area (Å²) in [6.45, 7) is 0.382. The predicted molar refractivity (Wildman–Crippen MR) is 102 cm³/mol. The van der Waals surface area contributed by atoms with Crippen LogP contribution in [0.15, 0.2) is 78.2 Å². The Balaban J connectivity index is 1.64. The molecule has 0 saturated carbocycles. The molecule has 1 heterocycles. The topological polar surface area (TPSA) is 63.6 Å². The van der Waals surface area contributed by atoms with Gasteiger partial charge in [-0.3, -0.25) is 9.78 Å². The summed E-state index contributed by atoms with van der Waals surface area (Å²) < 4.78 is 5.85. The number of hydrogen-bond acceptors (Lipinski definition) is 4. The Morgan fingerprint density at radius 1 is 1.15 bits per heavy atom. The summed E-state index contributed by atoms with van der Waals surface area (Å²) in [6, 6.07) is 18.3. The van der Waals surface area contributed by atoms with Crippen molar-refractivity contribution in [1.82, 2.24) is 10.4 Å². The van der Waals surface area contributed by atoms with Crippen LogP contribution in [-0.2, 0) is 6.61 Å². The fraction of sp³-hybridized carbons (Fsp3) is 0.0500. The quantitative estimate of drug-likeness (QED) is 0.529. The average Bonchev–Trinajstić information content (AvgIpc) is 2.68. The van der Waals surface area contributed by atoms with Crippen molar-refractivity contribution in [2.24, 2.45) is 5.10 Å². The van der Waals surface area contributed by atoms with Gasteiger partial charge in [0.1, 0.15) is 12.4 Å². The lowest BCUT2D eigenvalue weighted by Crippen LogP contribution is -2.17. The SMILES string of the molecule is O=C(NN=Cc1ccccc1OCc1cccc(Cl)c1)c1cccnc1. The standard InChI is InChI=1S/C20H16ClN3O2/c21-18-8-3-5-15(11-18)14-26-19-9-2-1-6-16(19)13-23-24-20(25)17-7-4-10-22-12-17/h1-13H,14H2,(H,24,25). The molecule has 1 aromatic heterocycles. The highest BCUT2D eigenvalue weighted by molar-refractivity contribution is 6.30. The average molecular weight is 366 g/mol. The van der Waals surface area contributed by atoms with Gasteiger partial charge in [-0.05, 0) is 42.0 Å². The zero-order valence-electron chi connectivity index (χ0n) is 13.8. The van der Waals surface area contributed by atoms with Crippen LogP contribution in [0.3, 0.4) is 0 Å². The first-order valence-electron chi connectivity index (χ1n) is 7.92. The van der Waals surface area contributed by atoms with Crippen molar-refractivity contribution in [3.63, 3.8) is 0 Å². The van der Waals surface area contributed by atoms with E-state index in [1.807, 2.05) is 48.5 Å². The van der Waals surface area contributed by atoms with E-state index >= 15 is 0 Å². The van der Waals surface area contributed by atoms with Gasteiger partial charge in [0.15, 0.2) is 0 Å². The molecule has 0 aliphatic heterocycles. The summed E-state index contributed by atoms with van der Waals surface area (Å²) in [6.07, 6.45) is 4.63. The number of pyridine rings is 1. The van der Waals surface area contributed by atoms with Gasteiger partial charge in [0, 0.05) is 23.0 Å². The van der Waals surface area contributed by atoms with E-state index in [-0.39, 0.29) is 5.91 Å². The maximum atomic E-state index is 12.0. The van der Waals surface area contributed by atoms with Gasteiger partial charge in [-0.15, -0.1) is 0 Å². The number of carbonyl (C=O) groups is 1. The number of nitrogens with one attached hydrogen (secondary N) is 1. The number of rotatable bonds is 6. The lowest BCUT2D eigenvalue weighted by Gasteiger charge is -2.09. The Hall–Kier alpha value is -3.18. The maximum Gasteiger partial charge on any atom is 0.272 e. The lowest BCUT2D eigenvalue weighted by molar-refractivity contribution is 0.0954. The molecule has 0 radical (unpaired) electrons. The molecule has 0 atom stereocenters. The molecule has 3 aromatic rings. The molecule has 1 amide bonds. The molecule has 0 aliphatic rings. The van der Waals surface area contributed by atoms with Crippen molar-refractivity contribution in [2.45, 2.75) is 6.61 Å². The van der Waals surface area contributed by atoms with E-state index in [4.69, 9.17) is 16.3 Å². The summed E-state index contributed by atoms with van der Waals surface area (Å²) in [7, 11) is 0. The number of hydrogen-bond donors (Lipinski definition) is 1. The molecule has 6 heteroatoms. The second-order valence-electron chi connectivity index (χ2n) is 5.40. The van der Waals surface area contributed by atoms with Crippen LogP contribution in [0.1, 0.15) is 21.5 Å². The van der Waals surface area contributed by atoms with Crippen LogP contribution in [-0.4, -0.2) is 17.1 Å². The number of nitrogens with zero attached hydrogens (tertiary/aromatic N) is 2. The van der Waals surface area contributed by atoms with Crippen molar-refractivity contribution in [2.75, 3.05) is 0 Å². The number of carbonyl (C=O) groups excluding carboxylic acids is 1. The fourth-order valence-corrected chi connectivity index (χ4v) is 2.44. The summed E-state index contributed by atoms with van der Waals surface area (Å²) in [5.41, 5.74) is 4.63. The van der Waals surface area contributed by atoms with Crippen LogP contribution in [0.5, 0.6) is 5.75 Å². The second kappa shape index (κ2) is 8.78. The van der Waals surface area contributed by atoms with E-state index < -0.39 is 0 Å². The van der Waals surface area contributed by atoms with Gasteiger partial charge in [0.2, 0.25) is 0 Å². The van der Waals surface area contributed by atoms with E-state index in [9.17, 15) is 4.79 Å². The molecule has 3 rings (SSSR count). The second-order valence-corrected chi connectivity index (χ2v) is 5.83. The first kappa shape index (κ1) is 17.6. The monoisotopic (exact) mass is 365 g/mol. The van der Waals surface area contributed by atoms with Gasteiger partial charge >= 0.3 is 0 Å². The van der Waals surface area contributed by atoms with Crippen LogP contribution in [0, 0.1) is 0 Å². The van der Waals surface area contributed by atoms with Crippen LogP contribution < -0.4 is 10.2 Å². The van der Waals surface area contributed by atoms with Gasteiger partial charge in [-0.1, -0.05) is 35.9 Å². The first-order chi connectivity index (χ1) is 12.7. The van der Waals surface area contributed by atoms with Crippen LogP contribution in [0.4, 0.5) is 0 Å². The van der Waals surface area contributed by atoms with E-state index in [0.29, 0.717) is 22.9 Å². The minimum Gasteiger partial charge on any atom is -0.488 e. The molecule has 0 spiro atoms. The van der Waals surface area contributed by atoms with Crippen molar-refractivity contribution in [3.05, 3.63) is 94.8 Å². The summed E-state index contributed by atoms with van der Waals surface area (Å²) in [5.74, 6) is 0.332. The molecule has 130 valence electrons. The lowest BCUT2D eigenvalue weighted by atomic mass is 10.2. The maximum absolute atomic E-state index is 12.0. The normalized spacial score (nSPS) is 10.7. The third-order valence-electron chi connectivity index (χ3n) is 3.50. The number of aromatic nitrogens is 1. The van der Waals surface area contributed by atoms with Crippen molar-refractivity contribution >= 4 is 23.7 Å². The number of halogens is 1. The van der Waals surface area contributed by atoms with E-state index in [1.54, 1.807) is 24.5 Å². The Kier molecular flexibility index (Phi) is 5.96. The summed E-state index contributed by atoms with van der Waals surface area (Å²) in [5, 5.41) is 4.66. The molecular formula is C20H16ClN3O2. The van der Waals surface area contributed by atoms with Crippen molar-refractivity contribution in [1.29, 1.82) is 0 Å². The van der Waals surface area contributed by atoms with Crippen molar-refractivity contribution < 1.29 is 9.53 Å². The molecule has 26 heavy (non-hydrogen) atoms. The Bertz CT molecular complexity index is 914. The third kappa shape index (κ3) is 4.91. The third-order valence-corrected chi connectivity index (χ3v) is 3.73. The van der Waals surface area contributed by atoms with Crippen LogP contribution in [0.2, 0.25) is 5.02 Å². The number of hydrazone groups is 1. The number of ether oxygens (including phenoxy) is 1. The largest absolute Gasteiger partial charge is 0.488 e. The first-order valence-corrected chi connectivity index (χ1v) is 8.30. The molecule has 2 aromatic carbocycles. The molecular weight excluding hydrogens is 350 g/mol. The van der Waals surface area contributed by atoms with Crippen LogP contribution >= 0.6 is 11.6 Å². The van der Waals surface area contributed by atoms with Gasteiger partial charge in [0.05, 0.1) is 11.8 Å². The number of para-hydroxylation sites is 1. The zero-order valence-corrected chi connectivity index (χ0v) is 14.6. The minimum atomic E-state index is -0.327. The molecule has 0 saturated heterocycles. The zero-order chi connectivity index (χ0) is 18.2. The molecule has 1 N–H and O–H groups in total. The molecule has 0 aliphatic carbocycles.